The van der Waals surface area contributed by atoms with Crippen LogP contribution in [0.1, 0.15) is 87.9 Å². The molecule has 2 atom stereocenters. The van der Waals surface area contributed by atoms with Crippen molar-refractivity contribution < 1.29 is 32.1 Å². The lowest BCUT2D eigenvalue weighted by atomic mass is 9.72. The van der Waals surface area contributed by atoms with Crippen LogP contribution in [0.5, 0.6) is 0 Å². The fourth-order valence-electron chi connectivity index (χ4n) is 4.90. The number of carbonyl (C=O) groups excluding carboxylic acids is 1. The molecule has 0 unspecified atom stereocenters. The number of carboxylic acid groups (broad SMARTS) is 1. The number of halogens is 1. The first-order valence-corrected chi connectivity index (χ1v) is 17.4. The van der Waals surface area contributed by atoms with Crippen LogP contribution in [0, 0.1) is 11.2 Å². The van der Waals surface area contributed by atoms with Crippen molar-refractivity contribution in [2.45, 2.75) is 71.3 Å². The predicted octanol–water partition coefficient (Wildman–Crippen LogP) is 5.84. The highest BCUT2D eigenvalue weighted by Gasteiger charge is 2.37. The fraction of sp³-hybridized carbons (Fsp3) is 0.424. The molecule has 0 saturated heterocycles. The quantitative estimate of drug-likeness (QED) is 0.193. The van der Waals surface area contributed by atoms with Gasteiger partial charge in [0.05, 0.1) is 23.5 Å². The monoisotopic (exact) mass is 660 g/mol. The molecule has 0 aliphatic heterocycles. The Balaban J connectivity index is 2.54. The van der Waals surface area contributed by atoms with Crippen LogP contribution in [0.25, 0.3) is 11.1 Å². The Morgan fingerprint density at radius 1 is 1.04 bits per heavy atom. The van der Waals surface area contributed by atoms with E-state index in [1.165, 1.54) is 49.0 Å². The molecule has 244 valence electrons. The molecule has 0 radical (unpaired) electrons. The van der Waals surface area contributed by atoms with E-state index in [-0.39, 0.29) is 39.4 Å². The summed E-state index contributed by atoms with van der Waals surface area (Å²) in [5.41, 5.74) is 0.0980. The topological polar surface area (TPSA) is 146 Å². The van der Waals surface area contributed by atoms with Crippen LogP contribution in [-0.4, -0.2) is 44.9 Å². The third-order valence-corrected chi connectivity index (χ3v) is 10.6. The number of ketones is 1. The number of nitrogens with one attached hydrogen (secondary N) is 1. The Morgan fingerprint density at radius 2 is 1.64 bits per heavy atom. The first-order valence-electron chi connectivity index (χ1n) is 14.4. The molecular formula is C33H41FN2O7S2. The predicted molar refractivity (Wildman–Crippen MR) is 176 cm³/mol. The molecule has 0 bridgehead atoms. The number of carboxylic acids is 1. The van der Waals surface area contributed by atoms with Gasteiger partial charge in [0.25, 0.3) is 5.56 Å². The number of nitrogens with zero attached hydrogens (tertiary/aromatic N) is 1. The summed E-state index contributed by atoms with van der Waals surface area (Å²) in [6.07, 6.45) is 1.09. The molecule has 0 aliphatic carbocycles. The second kappa shape index (κ2) is 13.5. The molecule has 0 fully saturated rings. The van der Waals surface area contributed by atoms with Crippen LogP contribution in [-0.2, 0) is 38.8 Å². The van der Waals surface area contributed by atoms with Crippen molar-refractivity contribution in [3.05, 3.63) is 87.1 Å². The van der Waals surface area contributed by atoms with Gasteiger partial charge in [-0.25, -0.2) is 17.5 Å². The lowest BCUT2D eigenvalue weighted by Gasteiger charge is -2.34. The molecule has 0 aliphatic rings. The van der Waals surface area contributed by atoms with Crippen molar-refractivity contribution >= 4 is 38.6 Å². The summed E-state index contributed by atoms with van der Waals surface area (Å²) >= 11 is -1.80. The maximum atomic E-state index is 13.9. The van der Waals surface area contributed by atoms with Gasteiger partial charge in [-0.1, -0.05) is 39.8 Å². The Labute approximate surface area is 267 Å². The number of aliphatic carboxylic acids is 1. The van der Waals surface area contributed by atoms with Crippen molar-refractivity contribution in [2.75, 3.05) is 10.5 Å². The molecule has 0 spiro atoms. The third-order valence-electron chi connectivity index (χ3n) is 7.49. The van der Waals surface area contributed by atoms with E-state index in [2.05, 4.69) is 4.72 Å². The standard InChI is InChI=1S/C33H41FN2O7S2/c1-9-45(42,43)19-20-10-15-23(30(39)21-11-13-22(34)14-12-21)24(16-20)25-18-36(8)31(40)29(35-44(41)33(5,6)7)28(25)26(17-27(37)38)32(2,3)4/h10-16,18,26,35H,9,17,19H2,1-8H3,(H,37,38)/t26-,44+/m1/s1. The SMILES string of the molecule is CCS(=O)(=O)Cc1ccc(C(=O)c2ccc(F)cc2)c(-c2cn(C)c(=O)c(N[S@@+]([O-])C(C)(C)C)c2[C@@H](CC(=O)O)C(C)(C)C)c1. The maximum absolute atomic E-state index is 13.9. The Bertz CT molecular complexity index is 1750. The zero-order valence-corrected chi connectivity index (χ0v) is 28.5. The summed E-state index contributed by atoms with van der Waals surface area (Å²) in [5, 5.41) is 9.99. The molecule has 9 nitrogen and oxygen atoms in total. The van der Waals surface area contributed by atoms with Gasteiger partial charge >= 0.3 is 5.97 Å². The highest BCUT2D eigenvalue weighted by atomic mass is 32.2. The zero-order chi connectivity index (χ0) is 34.1. The van der Waals surface area contributed by atoms with E-state index in [1.54, 1.807) is 26.8 Å². The lowest BCUT2D eigenvalue weighted by molar-refractivity contribution is -0.138. The van der Waals surface area contributed by atoms with E-state index >= 15 is 0 Å². The van der Waals surface area contributed by atoms with E-state index in [9.17, 15) is 36.9 Å². The first-order chi connectivity index (χ1) is 20.7. The molecule has 45 heavy (non-hydrogen) atoms. The van der Waals surface area contributed by atoms with Crippen LogP contribution in [0.4, 0.5) is 10.1 Å². The summed E-state index contributed by atoms with van der Waals surface area (Å²) in [6, 6.07) is 9.54. The molecular weight excluding hydrogens is 620 g/mol. The minimum atomic E-state index is -3.49. The van der Waals surface area contributed by atoms with Crippen LogP contribution in [0.2, 0.25) is 0 Å². The average molecular weight is 661 g/mol. The van der Waals surface area contributed by atoms with Gasteiger partial charge < -0.3 is 14.2 Å². The van der Waals surface area contributed by atoms with Gasteiger partial charge in [0.15, 0.2) is 21.3 Å². The summed E-state index contributed by atoms with van der Waals surface area (Å²) in [4.78, 5) is 39.9. The van der Waals surface area contributed by atoms with Gasteiger partial charge in [0.1, 0.15) is 10.6 Å². The number of aryl methyl sites for hydroxylation is 1. The van der Waals surface area contributed by atoms with Crippen molar-refractivity contribution in [2.24, 2.45) is 12.5 Å². The number of sulfone groups is 1. The van der Waals surface area contributed by atoms with Crippen molar-refractivity contribution in [1.29, 1.82) is 0 Å². The number of benzene rings is 2. The first kappa shape index (κ1) is 36.0. The van der Waals surface area contributed by atoms with Crippen molar-refractivity contribution in [3.63, 3.8) is 0 Å². The molecule has 3 rings (SSSR count). The third kappa shape index (κ3) is 8.62. The molecule has 1 heterocycles. The summed E-state index contributed by atoms with van der Waals surface area (Å²) in [7, 11) is -2.01. The van der Waals surface area contributed by atoms with Crippen LogP contribution < -0.4 is 10.3 Å². The summed E-state index contributed by atoms with van der Waals surface area (Å²) in [5.74, 6) is -3.41. The van der Waals surface area contributed by atoms with Crippen LogP contribution >= 0.6 is 0 Å². The van der Waals surface area contributed by atoms with Gasteiger partial charge in [-0.2, -0.15) is 0 Å². The number of anilines is 1. The summed E-state index contributed by atoms with van der Waals surface area (Å²) in [6.45, 7) is 12.2. The lowest BCUT2D eigenvalue weighted by Crippen LogP contribution is -2.38. The number of hydrogen-bond donors (Lipinski definition) is 2. The number of carbonyl (C=O) groups is 2. The smallest absolute Gasteiger partial charge is 0.303 e. The number of aromatic nitrogens is 1. The molecule has 12 heteroatoms. The minimum Gasteiger partial charge on any atom is -0.593 e. The molecule has 1 aromatic heterocycles. The van der Waals surface area contributed by atoms with E-state index in [0.717, 1.165) is 12.1 Å². The summed E-state index contributed by atoms with van der Waals surface area (Å²) < 4.78 is 55.7. The number of pyridine rings is 1. The maximum Gasteiger partial charge on any atom is 0.303 e. The van der Waals surface area contributed by atoms with Crippen LogP contribution in [0.3, 0.4) is 0 Å². The molecule has 0 amide bonds. The molecule has 0 saturated carbocycles. The second-order valence-corrected chi connectivity index (χ2v) is 17.5. The zero-order valence-electron chi connectivity index (χ0n) is 26.9. The van der Waals surface area contributed by atoms with E-state index in [4.69, 9.17) is 0 Å². The van der Waals surface area contributed by atoms with Gasteiger partial charge in [-0.05, 0) is 73.2 Å². The van der Waals surface area contributed by atoms with Crippen molar-refractivity contribution in [1.82, 2.24) is 4.57 Å². The van der Waals surface area contributed by atoms with E-state index in [0.29, 0.717) is 11.1 Å². The van der Waals surface area contributed by atoms with Gasteiger partial charge in [0.2, 0.25) is 0 Å². The second-order valence-electron chi connectivity index (χ2n) is 13.1. The largest absolute Gasteiger partial charge is 0.593 e. The Morgan fingerprint density at radius 3 is 2.16 bits per heavy atom. The van der Waals surface area contributed by atoms with Gasteiger partial charge in [0, 0.05) is 41.6 Å². The van der Waals surface area contributed by atoms with Gasteiger partial charge in [-0.15, -0.1) is 0 Å². The fourth-order valence-corrected chi connectivity index (χ4v) is 6.48. The van der Waals surface area contributed by atoms with Crippen molar-refractivity contribution in [3.8, 4) is 11.1 Å². The minimum absolute atomic E-state index is 0.0730. The Kier molecular flexibility index (Phi) is 10.8. The highest BCUT2D eigenvalue weighted by Crippen LogP contribution is 2.46. The number of hydrogen-bond acceptors (Lipinski definition) is 7. The highest BCUT2D eigenvalue weighted by molar-refractivity contribution is 7.94. The Hall–Kier alpha value is -3.48. The average Bonchev–Trinajstić information content (AvgIpc) is 2.93. The normalized spacial score (nSPS) is 13.7. The van der Waals surface area contributed by atoms with E-state index in [1.807, 2.05) is 20.8 Å². The van der Waals surface area contributed by atoms with Gasteiger partial charge in [-0.3, -0.25) is 14.4 Å². The van der Waals surface area contributed by atoms with E-state index < -0.39 is 66.8 Å². The molecule has 3 aromatic rings. The van der Waals surface area contributed by atoms with Crippen LogP contribution in [0.15, 0.2) is 53.5 Å². The molecule has 2 N–H and O–H groups in total. The molecule has 2 aromatic carbocycles. The number of rotatable bonds is 11.